The largest absolute Gasteiger partial charge is 0.198 e. The minimum atomic E-state index is 0.665. The first-order valence-electron chi connectivity index (χ1n) is 4.82. The van der Waals surface area contributed by atoms with Gasteiger partial charge in [-0.3, -0.25) is 0 Å². The normalized spacial score (nSPS) is 9.54. The first-order valence-corrected chi connectivity index (χ1v) is 4.82. The zero-order chi connectivity index (χ0) is 9.52. The topological polar surface area (TPSA) is 23.8 Å². The first-order chi connectivity index (χ1) is 6.38. The van der Waals surface area contributed by atoms with Gasteiger partial charge in [0.1, 0.15) is 0 Å². The van der Waals surface area contributed by atoms with Crippen LogP contribution < -0.4 is 0 Å². The number of hydrogen-bond donors (Lipinski definition) is 0. The Morgan fingerprint density at radius 3 is 2.54 bits per heavy atom. The van der Waals surface area contributed by atoms with E-state index in [-0.39, 0.29) is 0 Å². The van der Waals surface area contributed by atoms with Crippen molar-refractivity contribution < 1.29 is 0 Å². The fourth-order valence-corrected chi connectivity index (χ4v) is 1.50. The fourth-order valence-electron chi connectivity index (χ4n) is 1.50. The Morgan fingerprint density at radius 1 is 1.23 bits per heavy atom. The van der Waals surface area contributed by atoms with Gasteiger partial charge in [-0.25, -0.2) is 0 Å². The van der Waals surface area contributed by atoms with Gasteiger partial charge in [0.25, 0.3) is 0 Å². The quantitative estimate of drug-likeness (QED) is 0.642. The molecule has 0 bridgehead atoms. The predicted octanol–water partition coefficient (Wildman–Crippen LogP) is 3.10. The van der Waals surface area contributed by atoms with Crippen molar-refractivity contribution in [3.63, 3.8) is 0 Å². The zero-order valence-corrected chi connectivity index (χ0v) is 8.09. The average Bonchev–Trinajstić information content (AvgIpc) is 2.19. The number of aryl methyl sites for hydroxylation is 2. The van der Waals surface area contributed by atoms with Gasteiger partial charge < -0.3 is 0 Å². The molecule has 68 valence electrons. The second-order valence-electron chi connectivity index (χ2n) is 3.13. The van der Waals surface area contributed by atoms with Crippen molar-refractivity contribution >= 4 is 0 Å². The Labute approximate surface area is 80.0 Å². The van der Waals surface area contributed by atoms with E-state index in [0.29, 0.717) is 6.42 Å². The molecule has 0 heterocycles. The summed E-state index contributed by atoms with van der Waals surface area (Å²) in [6, 6.07) is 10.7. The van der Waals surface area contributed by atoms with Crippen LogP contribution in [0.15, 0.2) is 24.3 Å². The van der Waals surface area contributed by atoms with Crippen LogP contribution in [-0.2, 0) is 12.8 Å². The van der Waals surface area contributed by atoms with Crippen LogP contribution in [0.4, 0.5) is 0 Å². The summed E-state index contributed by atoms with van der Waals surface area (Å²) in [6.07, 6.45) is 3.77. The molecule has 0 amide bonds. The lowest BCUT2D eigenvalue weighted by Crippen LogP contribution is -1.91. The van der Waals surface area contributed by atoms with Crippen LogP contribution in [0.2, 0.25) is 0 Å². The third-order valence-electron chi connectivity index (χ3n) is 2.23. The standard InChI is InChI=1S/C12H15N/c1-2-11-7-3-4-8-12(11)9-5-6-10-13/h3-4,7-8H,2,5-6,9H2,1H3. The maximum atomic E-state index is 8.42. The van der Waals surface area contributed by atoms with Gasteiger partial charge in [0.2, 0.25) is 0 Å². The molecule has 1 aromatic rings. The van der Waals surface area contributed by atoms with E-state index >= 15 is 0 Å². The Bertz CT molecular complexity index is 296. The summed E-state index contributed by atoms with van der Waals surface area (Å²) >= 11 is 0. The first kappa shape index (κ1) is 9.80. The second kappa shape index (κ2) is 5.37. The molecule has 0 spiro atoms. The van der Waals surface area contributed by atoms with Crippen molar-refractivity contribution in [2.24, 2.45) is 0 Å². The molecule has 0 radical (unpaired) electrons. The van der Waals surface area contributed by atoms with E-state index in [4.69, 9.17) is 5.26 Å². The molecule has 0 saturated heterocycles. The lowest BCUT2D eigenvalue weighted by molar-refractivity contribution is 0.838. The van der Waals surface area contributed by atoms with Gasteiger partial charge in [-0.1, -0.05) is 31.2 Å². The van der Waals surface area contributed by atoms with Crippen LogP contribution in [0.25, 0.3) is 0 Å². The Hall–Kier alpha value is -1.29. The Morgan fingerprint density at radius 2 is 1.92 bits per heavy atom. The van der Waals surface area contributed by atoms with Crippen molar-refractivity contribution in [3.05, 3.63) is 35.4 Å². The third-order valence-corrected chi connectivity index (χ3v) is 2.23. The molecule has 1 heteroatoms. The van der Waals surface area contributed by atoms with Crippen molar-refractivity contribution in [1.82, 2.24) is 0 Å². The molecule has 0 aliphatic carbocycles. The van der Waals surface area contributed by atoms with E-state index in [0.717, 1.165) is 19.3 Å². The molecule has 0 saturated carbocycles. The third kappa shape index (κ3) is 2.91. The summed E-state index contributed by atoms with van der Waals surface area (Å²) < 4.78 is 0. The lowest BCUT2D eigenvalue weighted by atomic mass is 10.0. The molecule has 13 heavy (non-hydrogen) atoms. The SMILES string of the molecule is CCc1ccccc1CCCC#N. The smallest absolute Gasteiger partial charge is 0.0621 e. The fraction of sp³-hybridized carbons (Fsp3) is 0.417. The Balaban J connectivity index is 2.60. The molecule has 0 N–H and O–H groups in total. The number of rotatable bonds is 4. The maximum absolute atomic E-state index is 8.42. The molecule has 1 aromatic carbocycles. The molecule has 0 unspecified atom stereocenters. The molecular formula is C12H15N. The van der Waals surface area contributed by atoms with Crippen molar-refractivity contribution in [1.29, 1.82) is 5.26 Å². The highest BCUT2D eigenvalue weighted by molar-refractivity contribution is 5.27. The number of nitriles is 1. The van der Waals surface area contributed by atoms with E-state index in [1.807, 2.05) is 0 Å². The van der Waals surface area contributed by atoms with Crippen LogP contribution in [0, 0.1) is 11.3 Å². The molecular weight excluding hydrogens is 158 g/mol. The van der Waals surface area contributed by atoms with Gasteiger partial charge in [-0.2, -0.15) is 5.26 Å². The second-order valence-corrected chi connectivity index (χ2v) is 3.13. The van der Waals surface area contributed by atoms with E-state index in [9.17, 15) is 0 Å². The van der Waals surface area contributed by atoms with Crippen molar-refractivity contribution in [2.45, 2.75) is 32.6 Å². The van der Waals surface area contributed by atoms with Crippen molar-refractivity contribution in [2.75, 3.05) is 0 Å². The molecule has 1 nitrogen and oxygen atoms in total. The summed E-state index contributed by atoms with van der Waals surface area (Å²) in [5, 5.41) is 8.42. The summed E-state index contributed by atoms with van der Waals surface area (Å²) in [4.78, 5) is 0. The molecule has 0 aliphatic heterocycles. The highest BCUT2D eigenvalue weighted by Crippen LogP contribution is 2.12. The summed E-state index contributed by atoms with van der Waals surface area (Å²) in [5.41, 5.74) is 2.82. The Kier molecular flexibility index (Phi) is 4.05. The number of unbranched alkanes of at least 4 members (excludes halogenated alkanes) is 1. The van der Waals surface area contributed by atoms with Gasteiger partial charge in [0, 0.05) is 6.42 Å². The van der Waals surface area contributed by atoms with Crippen LogP contribution in [0.3, 0.4) is 0 Å². The van der Waals surface area contributed by atoms with E-state index in [1.165, 1.54) is 11.1 Å². The van der Waals surface area contributed by atoms with E-state index < -0.39 is 0 Å². The summed E-state index contributed by atoms with van der Waals surface area (Å²) in [7, 11) is 0. The number of nitrogens with zero attached hydrogens (tertiary/aromatic N) is 1. The molecule has 1 rings (SSSR count). The minimum absolute atomic E-state index is 0.665. The van der Waals surface area contributed by atoms with E-state index in [2.05, 4.69) is 37.3 Å². The van der Waals surface area contributed by atoms with Gasteiger partial charge in [-0.15, -0.1) is 0 Å². The van der Waals surface area contributed by atoms with Crippen LogP contribution in [-0.4, -0.2) is 0 Å². The molecule has 0 fully saturated rings. The van der Waals surface area contributed by atoms with Crippen molar-refractivity contribution in [3.8, 4) is 6.07 Å². The predicted molar refractivity (Wildman–Crippen MR) is 54.4 cm³/mol. The number of hydrogen-bond acceptors (Lipinski definition) is 1. The van der Waals surface area contributed by atoms with E-state index in [1.54, 1.807) is 0 Å². The van der Waals surface area contributed by atoms with Crippen LogP contribution in [0.5, 0.6) is 0 Å². The average molecular weight is 173 g/mol. The maximum Gasteiger partial charge on any atom is 0.0621 e. The molecule has 0 aliphatic rings. The van der Waals surface area contributed by atoms with Crippen LogP contribution >= 0.6 is 0 Å². The van der Waals surface area contributed by atoms with Gasteiger partial charge in [0.15, 0.2) is 0 Å². The number of benzene rings is 1. The highest BCUT2D eigenvalue weighted by Gasteiger charge is 1.98. The molecule has 0 atom stereocenters. The van der Waals surface area contributed by atoms with Crippen LogP contribution in [0.1, 0.15) is 30.9 Å². The summed E-state index contributed by atoms with van der Waals surface area (Å²) in [5.74, 6) is 0. The van der Waals surface area contributed by atoms with Gasteiger partial charge >= 0.3 is 0 Å². The monoisotopic (exact) mass is 173 g/mol. The lowest BCUT2D eigenvalue weighted by Gasteiger charge is -2.05. The molecule has 0 aromatic heterocycles. The highest BCUT2D eigenvalue weighted by atomic mass is 14.2. The summed E-state index contributed by atoms with van der Waals surface area (Å²) in [6.45, 7) is 2.17. The zero-order valence-electron chi connectivity index (χ0n) is 8.09. The minimum Gasteiger partial charge on any atom is -0.198 e. The van der Waals surface area contributed by atoms with Gasteiger partial charge in [-0.05, 0) is 30.4 Å². The van der Waals surface area contributed by atoms with Gasteiger partial charge in [0.05, 0.1) is 6.07 Å².